The number of hydrogen-bond donors (Lipinski definition) is 1. The normalized spacial score (nSPS) is 10.8. The summed E-state index contributed by atoms with van der Waals surface area (Å²) in [5.41, 5.74) is 10.6. The van der Waals surface area contributed by atoms with E-state index in [9.17, 15) is 10.1 Å². The van der Waals surface area contributed by atoms with E-state index in [1.807, 2.05) is 13.0 Å². The second kappa shape index (κ2) is 9.46. The standard InChI is InChI=1S/C24H22N8O2/c1-14(2)34-23(33)19-9-5-7-17(27-19)12-32-13-22(30-31-32)21-10-20(28-24(26)29-21)18-8-4-6-16(11-25)15(18)3/h4-10,13-14H,12H2,1-3H3,(H2,26,28,29). The first-order valence-corrected chi connectivity index (χ1v) is 10.6. The number of benzene rings is 1. The Hall–Kier alpha value is -4.65. The van der Waals surface area contributed by atoms with Crippen LogP contribution in [-0.2, 0) is 11.3 Å². The van der Waals surface area contributed by atoms with Gasteiger partial charge in [-0.2, -0.15) is 5.26 Å². The number of ether oxygens (including phenoxy) is 1. The Morgan fingerprint density at radius 2 is 1.88 bits per heavy atom. The molecule has 10 nitrogen and oxygen atoms in total. The van der Waals surface area contributed by atoms with Crippen molar-refractivity contribution in [3.8, 4) is 28.7 Å². The van der Waals surface area contributed by atoms with Gasteiger partial charge in [0, 0.05) is 5.56 Å². The molecule has 0 fully saturated rings. The first-order chi connectivity index (χ1) is 16.3. The van der Waals surface area contributed by atoms with Gasteiger partial charge < -0.3 is 10.5 Å². The van der Waals surface area contributed by atoms with E-state index in [2.05, 4.69) is 31.3 Å². The van der Waals surface area contributed by atoms with Crippen LogP contribution in [0.4, 0.5) is 5.95 Å². The van der Waals surface area contributed by atoms with E-state index in [-0.39, 0.29) is 17.7 Å². The van der Waals surface area contributed by atoms with Gasteiger partial charge in [0.05, 0.1) is 47.6 Å². The zero-order valence-electron chi connectivity index (χ0n) is 18.9. The van der Waals surface area contributed by atoms with Gasteiger partial charge in [-0.25, -0.2) is 24.4 Å². The van der Waals surface area contributed by atoms with Crippen LogP contribution in [0.1, 0.15) is 41.2 Å². The number of esters is 1. The summed E-state index contributed by atoms with van der Waals surface area (Å²) in [6.45, 7) is 5.73. The molecule has 0 aliphatic carbocycles. The van der Waals surface area contributed by atoms with Crippen molar-refractivity contribution in [1.29, 1.82) is 5.26 Å². The number of carbonyl (C=O) groups excluding carboxylic acids is 1. The van der Waals surface area contributed by atoms with Crippen LogP contribution >= 0.6 is 0 Å². The van der Waals surface area contributed by atoms with Gasteiger partial charge in [0.1, 0.15) is 11.4 Å². The highest BCUT2D eigenvalue weighted by molar-refractivity contribution is 5.87. The molecule has 4 aromatic rings. The predicted octanol–water partition coefficient (Wildman–Crippen LogP) is 3.17. The monoisotopic (exact) mass is 454 g/mol. The molecule has 2 N–H and O–H groups in total. The van der Waals surface area contributed by atoms with Gasteiger partial charge in [-0.05, 0) is 50.6 Å². The Labute approximate surface area is 196 Å². The van der Waals surface area contributed by atoms with Crippen molar-refractivity contribution in [2.45, 2.75) is 33.4 Å². The number of hydrogen-bond acceptors (Lipinski definition) is 9. The molecule has 10 heteroatoms. The second-order valence-corrected chi connectivity index (χ2v) is 7.86. The Morgan fingerprint density at radius 1 is 1.12 bits per heavy atom. The maximum atomic E-state index is 12.1. The summed E-state index contributed by atoms with van der Waals surface area (Å²) >= 11 is 0. The fraction of sp³-hybridized carbons (Fsp3) is 0.208. The molecule has 3 heterocycles. The number of aromatic nitrogens is 6. The number of carbonyl (C=O) groups is 1. The van der Waals surface area contributed by atoms with E-state index in [0.717, 1.165) is 11.1 Å². The number of anilines is 1. The third kappa shape index (κ3) is 4.88. The summed E-state index contributed by atoms with van der Waals surface area (Å²) in [7, 11) is 0. The van der Waals surface area contributed by atoms with Gasteiger partial charge in [0.25, 0.3) is 0 Å². The van der Waals surface area contributed by atoms with Crippen LogP contribution in [0, 0.1) is 18.3 Å². The molecule has 0 spiro atoms. The van der Waals surface area contributed by atoms with Crippen LogP contribution in [0.2, 0.25) is 0 Å². The third-order valence-corrected chi connectivity index (χ3v) is 4.96. The van der Waals surface area contributed by atoms with Gasteiger partial charge in [-0.15, -0.1) is 5.10 Å². The molecule has 0 aliphatic rings. The minimum atomic E-state index is -0.476. The van der Waals surface area contributed by atoms with Crippen molar-refractivity contribution in [2.75, 3.05) is 5.73 Å². The molecule has 3 aromatic heterocycles. The van der Waals surface area contributed by atoms with E-state index < -0.39 is 5.97 Å². The minimum absolute atomic E-state index is 0.0850. The zero-order valence-corrected chi connectivity index (χ0v) is 18.9. The molecule has 4 rings (SSSR count). The molecule has 0 radical (unpaired) electrons. The van der Waals surface area contributed by atoms with Crippen LogP contribution in [0.5, 0.6) is 0 Å². The second-order valence-electron chi connectivity index (χ2n) is 7.86. The number of pyridine rings is 1. The molecule has 0 saturated carbocycles. The van der Waals surface area contributed by atoms with Crippen LogP contribution < -0.4 is 5.73 Å². The van der Waals surface area contributed by atoms with Crippen LogP contribution in [0.3, 0.4) is 0 Å². The van der Waals surface area contributed by atoms with E-state index in [1.54, 1.807) is 61.1 Å². The molecule has 170 valence electrons. The number of rotatable bonds is 6. The van der Waals surface area contributed by atoms with Crippen molar-refractivity contribution in [1.82, 2.24) is 29.9 Å². The lowest BCUT2D eigenvalue weighted by Crippen LogP contribution is -2.14. The highest BCUT2D eigenvalue weighted by atomic mass is 16.5. The van der Waals surface area contributed by atoms with E-state index in [0.29, 0.717) is 34.9 Å². The van der Waals surface area contributed by atoms with Gasteiger partial charge in [-0.1, -0.05) is 23.4 Å². The van der Waals surface area contributed by atoms with Crippen molar-refractivity contribution < 1.29 is 9.53 Å². The highest BCUT2D eigenvalue weighted by Crippen LogP contribution is 2.27. The van der Waals surface area contributed by atoms with Gasteiger partial charge in [-0.3, -0.25) is 0 Å². The molecule has 0 aliphatic heterocycles. The maximum absolute atomic E-state index is 12.1. The Kier molecular flexibility index (Phi) is 6.27. The summed E-state index contributed by atoms with van der Waals surface area (Å²) < 4.78 is 6.80. The van der Waals surface area contributed by atoms with E-state index >= 15 is 0 Å². The van der Waals surface area contributed by atoms with E-state index in [4.69, 9.17) is 10.5 Å². The summed E-state index contributed by atoms with van der Waals surface area (Å²) in [5, 5.41) is 17.7. The first kappa shape index (κ1) is 22.5. The molecular weight excluding hydrogens is 432 g/mol. The molecule has 0 amide bonds. The van der Waals surface area contributed by atoms with Crippen LogP contribution in [-0.4, -0.2) is 42.0 Å². The van der Waals surface area contributed by atoms with E-state index in [1.165, 1.54) is 0 Å². The summed E-state index contributed by atoms with van der Waals surface area (Å²) in [5.74, 6) is -0.391. The third-order valence-electron chi connectivity index (χ3n) is 4.96. The molecular formula is C24H22N8O2. The lowest BCUT2D eigenvalue weighted by molar-refractivity contribution is 0.0370. The number of nitrogens with zero attached hydrogens (tertiary/aromatic N) is 7. The smallest absolute Gasteiger partial charge is 0.357 e. The molecule has 34 heavy (non-hydrogen) atoms. The first-order valence-electron chi connectivity index (χ1n) is 10.6. The zero-order chi connectivity index (χ0) is 24.2. The molecule has 1 aromatic carbocycles. The summed E-state index contributed by atoms with van der Waals surface area (Å²) in [6.07, 6.45) is 1.48. The number of nitrogen functional groups attached to an aromatic ring is 1. The average molecular weight is 454 g/mol. The van der Waals surface area contributed by atoms with Gasteiger partial charge in [0.2, 0.25) is 5.95 Å². The van der Waals surface area contributed by atoms with Gasteiger partial charge >= 0.3 is 5.97 Å². The Balaban J connectivity index is 1.60. The van der Waals surface area contributed by atoms with Crippen molar-refractivity contribution in [3.63, 3.8) is 0 Å². The van der Waals surface area contributed by atoms with Crippen molar-refractivity contribution >= 4 is 11.9 Å². The number of nitrogens with two attached hydrogens (primary N) is 1. The molecule has 0 bridgehead atoms. The minimum Gasteiger partial charge on any atom is -0.458 e. The number of nitriles is 1. The Bertz CT molecular complexity index is 1400. The average Bonchev–Trinajstić information content (AvgIpc) is 3.27. The Morgan fingerprint density at radius 3 is 2.65 bits per heavy atom. The summed E-state index contributed by atoms with van der Waals surface area (Å²) in [6, 6.07) is 14.5. The van der Waals surface area contributed by atoms with Gasteiger partial charge in [0.15, 0.2) is 0 Å². The van der Waals surface area contributed by atoms with Crippen molar-refractivity contribution in [2.24, 2.45) is 0 Å². The maximum Gasteiger partial charge on any atom is 0.357 e. The predicted molar refractivity (Wildman–Crippen MR) is 124 cm³/mol. The fourth-order valence-electron chi connectivity index (χ4n) is 3.38. The van der Waals surface area contributed by atoms with Crippen LogP contribution in [0.15, 0.2) is 48.7 Å². The molecule has 0 unspecified atom stereocenters. The van der Waals surface area contributed by atoms with Crippen molar-refractivity contribution in [3.05, 3.63) is 71.2 Å². The van der Waals surface area contributed by atoms with Crippen LogP contribution in [0.25, 0.3) is 22.6 Å². The fourth-order valence-corrected chi connectivity index (χ4v) is 3.38. The molecule has 0 saturated heterocycles. The largest absolute Gasteiger partial charge is 0.458 e. The lowest BCUT2D eigenvalue weighted by atomic mass is 10.00. The quantitative estimate of drug-likeness (QED) is 0.434. The lowest BCUT2D eigenvalue weighted by Gasteiger charge is -2.08. The molecule has 0 atom stereocenters. The topological polar surface area (TPSA) is 145 Å². The highest BCUT2D eigenvalue weighted by Gasteiger charge is 2.15. The summed E-state index contributed by atoms with van der Waals surface area (Å²) in [4.78, 5) is 25.1. The SMILES string of the molecule is Cc1c(C#N)cccc1-c1cc(-c2cn(Cc3cccc(C(=O)OC(C)C)n3)nn2)nc(N)n1.